The van der Waals surface area contributed by atoms with E-state index in [0.29, 0.717) is 0 Å². The zero-order valence-corrected chi connectivity index (χ0v) is 27.5. The van der Waals surface area contributed by atoms with E-state index in [1.54, 1.807) is 0 Å². The number of anilines is 1. The summed E-state index contributed by atoms with van der Waals surface area (Å²) in [4.78, 5) is 10.7. The first kappa shape index (κ1) is 28.2. The second-order valence-corrected chi connectivity index (χ2v) is 13.5. The van der Waals surface area contributed by atoms with E-state index < -0.39 is 11.6 Å². The number of rotatable bonds is 3. The first-order chi connectivity index (χ1) is 25.2. The minimum absolute atomic E-state index is 0.581. The zero-order chi connectivity index (χ0) is 33.7. The van der Waals surface area contributed by atoms with Crippen LogP contribution in [0.1, 0.15) is 45.1 Å². The van der Waals surface area contributed by atoms with E-state index in [4.69, 9.17) is 20.1 Å². The summed E-state index contributed by atoms with van der Waals surface area (Å²) in [5.74, 6) is 1.53. The molecule has 3 N–H and O–H groups in total. The lowest BCUT2D eigenvalue weighted by atomic mass is 9.70. The van der Waals surface area contributed by atoms with E-state index in [1.807, 2.05) is 48.5 Å². The summed E-state index contributed by atoms with van der Waals surface area (Å²) in [5, 5.41) is 5.72. The van der Waals surface area contributed by atoms with E-state index in [-0.39, 0.29) is 0 Å². The van der Waals surface area contributed by atoms with Crippen LogP contribution in [0, 0.1) is 0 Å². The van der Waals surface area contributed by atoms with Crippen LogP contribution in [0.5, 0.6) is 0 Å². The molecular formula is C46H30N4O. The van der Waals surface area contributed by atoms with E-state index >= 15 is 0 Å². The largest absolute Gasteiger partial charge is 0.456 e. The summed E-state index contributed by atoms with van der Waals surface area (Å²) < 4.78 is 6.89. The highest BCUT2D eigenvalue weighted by molar-refractivity contribution is 6.18. The summed E-state index contributed by atoms with van der Waals surface area (Å²) in [5.41, 5.74) is 21.0. The van der Waals surface area contributed by atoms with Gasteiger partial charge in [0, 0.05) is 33.2 Å². The molecule has 1 atom stereocenters. The van der Waals surface area contributed by atoms with Gasteiger partial charge < -0.3 is 15.5 Å². The first-order valence-electron chi connectivity index (χ1n) is 17.3. The molecule has 2 heterocycles. The van der Waals surface area contributed by atoms with Crippen LogP contribution in [0.25, 0.3) is 44.2 Å². The number of hydrogen-bond donors (Lipinski definition) is 2. The Hall–Kier alpha value is -6.72. The van der Waals surface area contributed by atoms with E-state index in [2.05, 4.69) is 115 Å². The van der Waals surface area contributed by atoms with Crippen molar-refractivity contribution in [1.82, 2.24) is 5.32 Å². The molecule has 0 fully saturated rings. The lowest BCUT2D eigenvalue weighted by Gasteiger charge is -2.31. The summed E-state index contributed by atoms with van der Waals surface area (Å²) in [6, 6.07) is 55.3. The molecule has 3 aliphatic rings. The molecule has 7 aromatic carbocycles. The van der Waals surface area contributed by atoms with Crippen molar-refractivity contribution in [2.45, 2.75) is 11.6 Å². The van der Waals surface area contributed by atoms with Crippen molar-refractivity contribution in [1.29, 1.82) is 0 Å². The molecule has 0 radical (unpaired) electrons. The summed E-state index contributed by atoms with van der Waals surface area (Å²) in [6.45, 7) is 0. The predicted octanol–water partition coefficient (Wildman–Crippen LogP) is 10.0. The molecule has 0 saturated heterocycles. The molecule has 0 saturated carbocycles. The Morgan fingerprint density at radius 1 is 0.549 bits per heavy atom. The molecule has 240 valence electrons. The molecule has 11 rings (SSSR count). The van der Waals surface area contributed by atoms with E-state index in [0.717, 1.165) is 56.0 Å². The number of para-hydroxylation sites is 1. The van der Waals surface area contributed by atoms with Gasteiger partial charge in [-0.25, -0.2) is 9.98 Å². The molecule has 1 unspecified atom stereocenters. The van der Waals surface area contributed by atoms with Crippen molar-refractivity contribution in [3.8, 4) is 22.3 Å². The Labute approximate surface area is 294 Å². The highest BCUT2D eigenvalue weighted by Gasteiger charge is 2.53. The fraction of sp³-hybridized carbons (Fsp3) is 0.0435. The molecule has 2 aliphatic carbocycles. The molecule has 5 heteroatoms. The number of benzene rings is 7. The van der Waals surface area contributed by atoms with Crippen LogP contribution in [-0.4, -0.2) is 11.7 Å². The van der Waals surface area contributed by atoms with Gasteiger partial charge in [-0.1, -0.05) is 133 Å². The van der Waals surface area contributed by atoms with Crippen molar-refractivity contribution in [3.63, 3.8) is 0 Å². The van der Waals surface area contributed by atoms with Gasteiger partial charge >= 0.3 is 0 Å². The second kappa shape index (κ2) is 10.4. The minimum atomic E-state index is -0.598. The summed E-state index contributed by atoms with van der Waals surface area (Å²) in [6.07, 6.45) is -0.581. The highest BCUT2D eigenvalue weighted by atomic mass is 16.3. The third kappa shape index (κ3) is 3.80. The molecule has 8 aromatic rings. The number of nitrogens with one attached hydrogen (secondary N) is 1. The quantitative estimate of drug-likeness (QED) is 0.186. The van der Waals surface area contributed by atoms with Gasteiger partial charge in [-0.15, -0.1) is 0 Å². The van der Waals surface area contributed by atoms with Crippen LogP contribution < -0.4 is 11.1 Å². The molecule has 0 bridgehead atoms. The lowest BCUT2D eigenvalue weighted by Crippen LogP contribution is -2.36. The van der Waals surface area contributed by atoms with Crippen molar-refractivity contribution in [3.05, 3.63) is 197 Å². The average molecular weight is 655 g/mol. The smallest absolute Gasteiger partial charge is 0.173 e. The molecule has 1 aromatic heterocycles. The van der Waals surface area contributed by atoms with Gasteiger partial charge in [-0.3, -0.25) is 0 Å². The van der Waals surface area contributed by atoms with Crippen LogP contribution >= 0.6 is 0 Å². The number of nitrogen functional groups attached to an aromatic ring is 1. The van der Waals surface area contributed by atoms with Crippen molar-refractivity contribution < 1.29 is 4.42 Å². The molecule has 5 nitrogen and oxygen atoms in total. The Morgan fingerprint density at radius 2 is 1.14 bits per heavy atom. The number of furan rings is 1. The normalized spacial score (nSPS) is 17.1. The summed E-state index contributed by atoms with van der Waals surface area (Å²) >= 11 is 0. The molecule has 51 heavy (non-hydrogen) atoms. The Balaban J connectivity index is 1.29. The zero-order valence-electron chi connectivity index (χ0n) is 27.5. The van der Waals surface area contributed by atoms with Crippen LogP contribution in [0.3, 0.4) is 0 Å². The first-order valence-corrected chi connectivity index (χ1v) is 17.3. The third-order valence-electron chi connectivity index (χ3n) is 10.9. The Kier molecular flexibility index (Phi) is 5.74. The molecule has 1 spiro atoms. The lowest BCUT2D eigenvalue weighted by molar-refractivity contribution is 0.647. The van der Waals surface area contributed by atoms with Crippen LogP contribution in [0.2, 0.25) is 0 Å². The van der Waals surface area contributed by atoms with Crippen molar-refractivity contribution in [2.75, 3.05) is 5.73 Å². The third-order valence-corrected chi connectivity index (χ3v) is 10.9. The standard InChI is InChI=1S/C46H30N4O/c47-29-23-24-31-30-17-7-10-20-35(30)46(37(31)25-29)36-21-11-8-18-32(36)40-38(46)26-34(42-41(40)33-19-9-12-22-39(33)51-42)45-49-43(27-13-3-1-4-14-27)48-44(50-45)28-15-5-2-6-16-28/h1-26,45H,47H2,(H,48,49,50). The number of nitrogens with zero attached hydrogens (tertiary/aromatic N) is 2. The molecule has 0 amide bonds. The number of hydrogen-bond acceptors (Lipinski definition) is 5. The van der Waals surface area contributed by atoms with Crippen molar-refractivity contribution >= 4 is 39.3 Å². The van der Waals surface area contributed by atoms with Crippen LogP contribution in [0.4, 0.5) is 5.69 Å². The molecule has 1 aliphatic heterocycles. The minimum Gasteiger partial charge on any atom is -0.456 e. The fourth-order valence-corrected chi connectivity index (χ4v) is 8.82. The summed E-state index contributed by atoms with van der Waals surface area (Å²) in [7, 11) is 0. The van der Waals surface area contributed by atoms with Gasteiger partial charge in [-0.2, -0.15) is 0 Å². The van der Waals surface area contributed by atoms with Gasteiger partial charge in [0.25, 0.3) is 0 Å². The Bertz CT molecular complexity index is 2740. The average Bonchev–Trinajstić information content (AvgIpc) is 3.82. The number of amidine groups is 2. The number of fused-ring (bicyclic) bond motifs is 14. The number of nitrogens with two attached hydrogens (primary N) is 1. The van der Waals surface area contributed by atoms with Gasteiger partial charge in [0.05, 0.1) is 5.41 Å². The maximum atomic E-state index is 6.89. The van der Waals surface area contributed by atoms with Gasteiger partial charge in [0.15, 0.2) is 6.17 Å². The predicted molar refractivity (Wildman–Crippen MR) is 206 cm³/mol. The second-order valence-electron chi connectivity index (χ2n) is 13.5. The Morgan fingerprint density at radius 3 is 1.86 bits per heavy atom. The van der Waals surface area contributed by atoms with E-state index in [1.165, 1.54) is 44.5 Å². The SMILES string of the molecule is Nc1ccc2c(c1)C1(c3ccccc3-2)c2ccccc2-c2c1cc(C1N=C(c3ccccc3)NC(c3ccccc3)=N1)c1oc3ccccc3c21. The van der Waals surface area contributed by atoms with Crippen molar-refractivity contribution in [2.24, 2.45) is 9.98 Å². The van der Waals surface area contributed by atoms with Crippen LogP contribution in [-0.2, 0) is 5.41 Å². The van der Waals surface area contributed by atoms with Gasteiger partial charge in [0.1, 0.15) is 22.8 Å². The van der Waals surface area contributed by atoms with Crippen LogP contribution in [0.15, 0.2) is 172 Å². The van der Waals surface area contributed by atoms with E-state index in [9.17, 15) is 0 Å². The van der Waals surface area contributed by atoms with Gasteiger partial charge in [0.2, 0.25) is 0 Å². The fourth-order valence-electron chi connectivity index (χ4n) is 8.82. The van der Waals surface area contributed by atoms with Gasteiger partial charge in [-0.05, 0) is 68.8 Å². The highest BCUT2D eigenvalue weighted by Crippen LogP contribution is 2.65. The monoisotopic (exact) mass is 654 g/mol. The number of aliphatic imine (C=N–C) groups is 2. The maximum Gasteiger partial charge on any atom is 0.173 e. The molecular weight excluding hydrogens is 625 g/mol. The topological polar surface area (TPSA) is 75.9 Å². The maximum absolute atomic E-state index is 6.89.